The van der Waals surface area contributed by atoms with E-state index >= 15 is 0 Å². The molecule has 0 saturated heterocycles. The van der Waals surface area contributed by atoms with Crippen LogP contribution in [-0.2, 0) is 19.4 Å². The number of benzene rings is 2. The molecule has 3 N–H and O–H groups in total. The third kappa shape index (κ3) is 5.05. The lowest BCUT2D eigenvalue weighted by Crippen LogP contribution is -2.39. The Morgan fingerprint density at radius 1 is 1.21 bits per heavy atom. The van der Waals surface area contributed by atoms with Gasteiger partial charge in [-0.2, -0.15) is 0 Å². The Labute approximate surface area is 198 Å². The van der Waals surface area contributed by atoms with Crippen LogP contribution in [0.15, 0.2) is 54.7 Å². The lowest BCUT2D eigenvalue weighted by Gasteiger charge is -2.18. The molecule has 1 atom stereocenters. The van der Waals surface area contributed by atoms with Gasteiger partial charge >= 0.3 is 0 Å². The maximum Gasteiger partial charge on any atom is 0.251 e. The minimum Gasteiger partial charge on any atom is -0.494 e. The van der Waals surface area contributed by atoms with Crippen LogP contribution in [0.3, 0.4) is 0 Å². The topological polar surface area (TPSA) is 83.7 Å². The second-order valence-corrected chi connectivity index (χ2v) is 8.36. The first-order valence-electron chi connectivity index (χ1n) is 11.4. The number of carbonyl (C=O) groups excluding carboxylic acids is 1. The number of allylic oxidation sites excluding steroid dienone is 1. The molecule has 0 aliphatic heterocycles. The van der Waals surface area contributed by atoms with Gasteiger partial charge in [-0.1, -0.05) is 24.3 Å². The van der Waals surface area contributed by atoms with Crippen molar-refractivity contribution < 1.29 is 24.1 Å². The van der Waals surface area contributed by atoms with E-state index in [2.05, 4.69) is 17.5 Å². The van der Waals surface area contributed by atoms with Crippen molar-refractivity contribution in [2.24, 2.45) is 0 Å². The zero-order valence-electron chi connectivity index (χ0n) is 19.1. The number of rotatable bonds is 9. The number of hydrogen-bond donors (Lipinski definition) is 3. The Bertz CT molecular complexity index is 1200. The number of amides is 1. The molecule has 1 aromatic heterocycles. The van der Waals surface area contributed by atoms with Gasteiger partial charge in [0, 0.05) is 24.0 Å². The van der Waals surface area contributed by atoms with E-state index in [1.807, 2.05) is 16.8 Å². The summed E-state index contributed by atoms with van der Waals surface area (Å²) in [5.41, 5.74) is 5.11. The Morgan fingerprint density at radius 3 is 2.76 bits per heavy atom. The third-order valence-corrected chi connectivity index (χ3v) is 6.13. The van der Waals surface area contributed by atoms with Crippen molar-refractivity contribution >= 4 is 12.0 Å². The number of methoxy groups -OCH3 is 1. The SMILES string of the molecule is COc1ccc(-c2cccc(C(=O)N[C@@H](CO)Cc3cn(CCO)c4c3CCC=C4)c2)cc1F. The summed E-state index contributed by atoms with van der Waals surface area (Å²) in [6.07, 6.45) is 8.51. The molecular formula is C27H29FN2O4. The highest BCUT2D eigenvalue weighted by atomic mass is 19.1. The Kier molecular flexibility index (Phi) is 7.45. The molecule has 0 radical (unpaired) electrons. The zero-order valence-corrected chi connectivity index (χ0v) is 19.1. The van der Waals surface area contributed by atoms with E-state index in [1.165, 1.54) is 18.7 Å². The van der Waals surface area contributed by atoms with Gasteiger partial charge in [-0.15, -0.1) is 0 Å². The summed E-state index contributed by atoms with van der Waals surface area (Å²) in [6.45, 7) is 0.343. The molecule has 0 spiro atoms. The van der Waals surface area contributed by atoms with Crippen LogP contribution in [0, 0.1) is 5.82 Å². The Hall–Kier alpha value is -3.42. The molecule has 0 unspecified atom stereocenters. The summed E-state index contributed by atoms with van der Waals surface area (Å²) in [7, 11) is 1.41. The van der Waals surface area contributed by atoms with Crippen LogP contribution < -0.4 is 10.1 Å². The van der Waals surface area contributed by atoms with Crippen LogP contribution in [-0.4, -0.2) is 47.1 Å². The minimum absolute atomic E-state index is 0.0446. The summed E-state index contributed by atoms with van der Waals surface area (Å²) in [5, 5.41) is 22.3. The first kappa shape index (κ1) is 23.7. The predicted octanol–water partition coefficient (Wildman–Crippen LogP) is 3.59. The fourth-order valence-electron chi connectivity index (χ4n) is 4.43. The maximum absolute atomic E-state index is 14.1. The highest BCUT2D eigenvalue weighted by molar-refractivity contribution is 5.95. The average Bonchev–Trinajstić information content (AvgIpc) is 3.21. The Balaban J connectivity index is 1.51. The highest BCUT2D eigenvalue weighted by Gasteiger charge is 2.21. The number of aliphatic hydroxyl groups excluding tert-OH is 2. The van der Waals surface area contributed by atoms with Crippen molar-refractivity contribution in [3.05, 3.63) is 82.9 Å². The first-order valence-corrected chi connectivity index (χ1v) is 11.4. The van der Waals surface area contributed by atoms with Gasteiger partial charge in [0.25, 0.3) is 5.91 Å². The summed E-state index contributed by atoms with van der Waals surface area (Å²) in [5.74, 6) is -0.617. The largest absolute Gasteiger partial charge is 0.494 e. The quantitative estimate of drug-likeness (QED) is 0.452. The number of hydrogen-bond acceptors (Lipinski definition) is 4. The smallest absolute Gasteiger partial charge is 0.251 e. The summed E-state index contributed by atoms with van der Waals surface area (Å²) >= 11 is 0. The lowest BCUT2D eigenvalue weighted by atomic mass is 9.96. The van der Waals surface area contributed by atoms with Crippen LogP contribution in [0.25, 0.3) is 17.2 Å². The van der Waals surface area contributed by atoms with Crippen molar-refractivity contribution in [3.63, 3.8) is 0 Å². The fraction of sp³-hybridized carbons (Fsp3) is 0.296. The van der Waals surface area contributed by atoms with Gasteiger partial charge in [-0.25, -0.2) is 4.39 Å². The van der Waals surface area contributed by atoms with Crippen LogP contribution in [0.5, 0.6) is 5.75 Å². The predicted molar refractivity (Wildman–Crippen MR) is 129 cm³/mol. The standard InChI is InChI=1S/C27H29FN2O4/c1-34-26-10-9-19(15-24(26)28)18-5-4-6-20(13-18)27(33)29-22(17-32)14-21-16-30(11-12-31)25-8-3-2-7-23(21)25/h3-6,8-10,13,15-16,22,31-32H,2,7,11-12,14,17H2,1H3,(H,29,33)/t22-/m1/s1. The summed E-state index contributed by atoms with van der Waals surface area (Å²) in [6, 6.07) is 11.2. The summed E-state index contributed by atoms with van der Waals surface area (Å²) < 4.78 is 21.1. The van der Waals surface area contributed by atoms with Crippen molar-refractivity contribution in [2.75, 3.05) is 20.3 Å². The second kappa shape index (κ2) is 10.7. The number of fused-ring (bicyclic) bond motifs is 1. The van der Waals surface area contributed by atoms with Crippen LogP contribution in [0.4, 0.5) is 4.39 Å². The first-order chi connectivity index (χ1) is 16.5. The molecule has 3 aromatic rings. The van der Waals surface area contributed by atoms with Crippen molar-refractivity contribution in [1.82, 2.24) is 9.88 Å². The van der Waals surface area contributed by atoms with Crippen LogP contribution in [0.1, 0.15) is 33.6 Å². The minimum atomic E-state index is -0.471. The number of ether oxygens (including phenoxy) is 1. The zero-order chi connectivity index (χ0) is 24.1. The monoisotopic (exact) mass is 464 g/mol. The molecule has 178 valence electrons. The highest BCUT2D eigenvalue weighted by Crippen LogP contribution is 2.27. The van der Waals surface area contributed by atoms with E-state index in [1.54, 1.807) is 30.3 Å². The molecule has 0 saturated carbocycles. The molecule has 1 heterocycles. The molecule has 1 amide bonds. The number of halogens is 1. The van der Waals surface area contributed by atoms with E-state index in [-0.39, 0.29) is 24.9 Å². The van der Waals surface area contributed by atoms with Crippen LogP contribution in [0.2, 0.25) is 0 Å². The van der Waals surface area contributed by atoms with E-state index in [4.69, 9.17) is 4.74 Å². The van der Waals surface area contributed by atoms with E-state index in [0.29, 0.717) is 29.7 Å². The Morgan fingerprint density at radius 2 is 2.03 bits per heavy atom. The maximum atomic E-state index is 14.1. The second-order valence-electron chi connectivity index (χ2n) is 8.36. The van der Waals surface area contributed by atoms with E-state index in [9.17, 15) is 19.4 Å². The molecule has 7 heteroatoms. The fourth-order valence-corrected chi connectivity index (χ4v) is 4.43. The molecule has 34 heavy (non-hydrogen) atoms. The molecule has 0 fully saturated rings. The van der Waals surface area contributed by atoms with Crippen molar-refractivity contribution in [1.29, 1.82) is 0 Å². The van der Waals surface area contributed by atoms with Gasteiger partial charge < -0.3 is 24.8 Å². The molecule has 2 aromatic carbocycles. The molecular weight excluding hydrogens is 435 g/mol. The molecule has 1 aliphatic rings. The van der Waals surface area contributed by atoms with Gasteiger partial charge in [0.2, 0.25) is 0 Å². The summed E-state index contributed by atoms with van der Waals surface area (Å²) in [4.78, 5) is 13.0. The number of nitrogens with one attached hydrogen (secondary N) is 1. The molecule has 0 bridgehead atoms. The van der Waals surface area contributed by atoms with Crippen molar-refractivity contribution in [2.45, 2.75) is 31.8 Å². The van der Waals surface area contributed by atoms with Gasteiger partial charge in [0.15, 0.2) is 11.6 Å². The number of aliphatic hydroxyl groups is 2. The van der Waals surface area contributed by atoms with Gasteiger partial charge in [-0.05, 0) is 71.9 Å². The lowest BCUT2D eigenvalue weighted by molar-refractivity contribution is 0.0916. The number of aromatic nitrogens is 1. The normalized spacial score (nSPS) is 13.4. The number of carbonyl (C=O) groups is 1. The molecule has 4 rings (SSSR count). The van der Waals surface area contributed by atoms with E-state index < -0.39 is 11.9 Å². The van der Waals surface area contributed by atoms with Gasteiger partial charge in [0.05, 0.1) is 26.4 Å². The number of nitrogens with zero attached hydrogens (tertiary/aromatic N) is 1. The van der Waals surface area contributed by atoms with Crippen LogP contribution >= 0.6 is 0 Å². The van der Waals surface area contributed by atoms with Gasteiger partial charge in [-0.3, -0.25) is 4.79 Å². The molecule has 6 nitrogen and oxygen atoms in total. The molecule has 1 aliphatic carbocycles. The average molecular weight is 465 g/mol. The van der Waals surface area contributed by atoms with E-state index in [0.717, 1.165) is 24.1 Å². The third-order valence-electron chi connectivity index (χ3n) is 6.13. The van der Waals surface area contributed by atoms with Crippen molar-refractivity contribution in [3.8, 4) is 16.9 Å². The van der Waals surface area contributed by atoms with Gasteiger partial charge in [0.1, 0.15) is 0 Å².